The summed E-state index contributed by atoms with van der Waals surface area (Å²) >= 11 is 5.99. The molecular weight excluding hydrogens is 244 g/mol. The molecule has 0 atom stereocenters. The van der Waals surface area contributed by atoms with E-state index < -0.39 is 5.91 Å². The Labute approximate surface area is 102 Å². The fourth-order valence-electron chi connectivity index (χ4n) is 1.41. The SMILES string of the molecule is Nc1c(C(=O)NO)cnn1-c1ccccc1Cl. The van der Waals surface area contributed by atoms with Crippen molar-refractivity contribution in [2.24, 2.45) is 0 Å². The van der Waals surface area contributed by atoms with Crippen LogP contribution in [0.2, 0.25) is 5.02 Å². The van der Waals surface area contributed by atoms with Crippen LogP contribution in [0.3, 0.4) is 0 Å². The molecule has 0 bridgehead atoms. The molecule has 0 aliphatic carbocycles. The van der Waals surface area contributed by atoms with Crippen molar-refractivity contribution in [1.82, 2.24) is 15.3 Å². The van der Waals surface area contributed by atoms with Crippen LogP contribution in [0, 0.1) is 0 Å². The van der Waals surface area contributed by atoms with E-state index in [1.165, 1.54) is 16.4 Å². The van der Waals surface area contributed by atoms with Gasteiger partial charge in [0.1, 0.15) is 11.4 Å². The van der Waals surface area contributed by atoms with Crippen LogP contribution in [-0.4, -0.2) is 20.9 Å². The summed E-state index contributed by atoms with van der Waals surface area (Å²) in [6, 6.07) is 6.94. The van der Waals surface area contributed by atoms with E-state index >= 15 is 0 Å². The maximum Gasteiger partial charge on any atom is 0.280 e. The van der Waals surface area contributed by atoms with Gasteiger partial charge in [-0.15, -0.1) is 0 Å². The summed E-state index contributed by atoms with van der Waals surface area (Å²) in [6.45, 7) is 0. The van der Waals surface area contributed by atoms with Crippen molar-refractivity contribution in [3.63, 3.8) is 0 Å². The van der Waals surface area contributed by atoms with Crippen LogP contribution in [0.4, 0.5) is 5.82 Å². The van der Waals surface area contributed by atoms with Gasteiger partial charge in [0.2, 0.25) is 0 Å². The molecule has 1 heterocycles. The number of nitrogens with zero attached hydrogens (tertiary/aromatic N) is 2. The first kappa shape index (κ1) is 11.4. The van der Waals surface area contributed by atoms with Crippen molar-refractivity contribution in [2.75, 3.05) is 5.73 Å². The Bertz CT molecular complexity index is 567. The van der Waals surface area contributed by atoms with Gasteiger partial charge in [-0.2, -0.15) is 5.10 Å². The van der Waals surface area contributed by atoms with Gasteiger partial charge in [-0.25, -0.2) is 10.2 Å². The van der Waals surface area contributed by atoms with Crippen molar-refractivity contribution >= 4 is 23.3 Å². The number of halogens is 1. The van der Waals surface area contributed by atoms with Crippen LogP contribution >= 0.6 is 11.6 Å². The maximum atomic E-state index is 11.2. The number of carbonyl (C=O) groups is 1. The second-order valence-electron chi connectivity index (χ2n) is 3.25. The van der Waals surface area contributed by atoms with E-state index in [9.17, 15) is 4.79 Å². The van der Waals surface area contributed by atoms with Crippen LogP contribution in [0.1, 0.15) is 10.4 Å². The topological polar surface area (TPSA) is 93.2 Å². The van der Waals surface area contributed by atoms with Gasteiger partial charge in [0.25, 0.3) is 5.91 Å². The Morgan fingerprint density at radius 3 is 2.82 bits per heavy atom. The van der Waals surface area contributed by atoms with Gasteiger partial charge in [0.15, 0.2) is 0 Å². The minimum absolute atomic E-state index is 0.0763. The van der Waals surface area contributed by atoms with E-state index in [1.54, 1.807) is 24.3 Å². The number of hydrogen-bond acceptors (Lipinski definition) is 4. The Morgan fingerprint density at radius 1 is 1.47 bits per heavy atom. The van der Waals surface area contributed by atoms with E-state index in [4.69, 9.17) is 22.5 Å². The molecule has 0 saturated carbocycles. The van der Waals surface area contributed by atoms with E-state index in [2.05, 4.69) is 5.10 Å². The molecule has 2 rings (SSSR count). The van der Waals surface area contributed by atoms with Gasteiger partial charge in [0, 0.05) is 0 Å². The van der Waals surface area contributed by atoms with Crippen molar-refractivity contribution in [3.05, 3.63) is 41.0 Å². The van der Waals surface area contributed by atoms with Gasteiger partial charge in [-0.05, 0) is 12.1 Å². The number of carbonyl (C=O) groups excluding carboxylic acids is 1. The number of para-hydroxylation sites is 1. The fourth-order valence-corrected chi connectivity index (χ4v) is 1.62. The minimum Gasteiger partial charge on any atom is -0.383 e. The van der Waals surface area contributed by atoms with E-state index in [0.717, 1.165) is 0 Å². The van der Waals surface area contributed by atoms with Crippen LogP contribution < -0.4 is 11.2 Å². The molecule has 7 heteroatoms. The number of amides is 1. The molecular formula is C10H9ClN4O2. The number of anilines is 1. The lowest BCUT2D eigenvalue weighted by Gasteiger charge is -2.06. The van der Waals surface area contributed by atoms with Crippen molar-refractivity contribution < 1.29 is 10.0 Å². The fraction of sp³-hybridized carbons (Fsp3) is 0. The first-order chi connectivity index (χ1) is 8.15. The van der Waals surface area contributed by atoms with E-state index in [1.807, 2.05) is 0 Å². The Balaban J connectivity index is 2.52. The second kappa shape index (κ2) is 4.44. The number of aromatic nitrogens is 2. The largest absolute Gasteiger partial charge is 0.383 e. The molecule has 1 aromatic heterocycles. The molecule has 0 unspecified atom stereocenters. The average Bonchev–Trinajstić information content (AvgIpc) is 2.71. The summed E-state index contributed by atoms with van der Waals surface area (Å²) in [6.07, 6.45) is 1.25. The molecule has 0 aliphatic rings. The smallest absolute Gasteiger partial charge is 0.280 e. The molecule has 0 fully saturated rings. The lowest BCUT2D eigenvalue weighted by molar-refractivity contribution is 0.0707. The van der Waals surface area contributed by atoms with Crippen LogP contribution in [-0.2, 0) is 0 Å². The lowest BCUT2D eigenvalue weighted by Crippen LogP contribution is -2.19. The number of hydroxylamine groups is 1. The lowest BCUT2D eigenvalue weighted by atomic mass is 10.3. The molecule has 0 spiro atoms. The van der Waals surface area contributed by atoms with Gasteiger partial charge in [-0.3, -0.25) is 10.0 Å². The number of nitrogens with one attached hydrogen (secondary N) is 1. The number of nitrogen functional groups attached to an aromatic ring is 1. The molecule has 1 amide bonds. The van der Waals surface area contributed by atoms with Gasteiger partial charge < -0.3 is 5.73 Å². The van der Waals surface area contributed by atoms with Crippen molar-refractivity contribution in [3.8, 4) is 5.69 Å². The highest BCUT2D eigenvalue weighted by atomic mass is 35.5. The van der Waals surface area contributed by atoms with Crippen molar-refractivity contribution in [2.45, 2.75) is 0 Å². The average molecular weight is 253 g/mol. The summed E-state index contributed by atoms with van der Waals surface area (Å²) in [7, 11) is 0. The maximum absolute atomic E-state index is 11.2. The monoisotopic (exact) mass is 252 g/mol. The van der Waals surface area contributed by atoms with Crippen LogP contribution in [0.25, 0.3) is 5.69 Å². The number of nitrogens with two attached hydrogens (primary N) is 1. The summed E-state index contributed by atoms with van der Waals surface area (Å²) < 4.78 is 1.33. The highest BCUT2D eigenvalue weighted by molar-refractivity contribution is 6.32. The summed E-state index contributed by atoms with van der Waals surface area (Å²) in [5.41, 5.74) is 7.88. The van der Waals surface area contributed by atoms with Gasteiger partial charge >= 0.3 is 0 Å². The molecule has 0 aliphatic heterocycles. The Hall–Kier alpha value is -2.05. The van der Waals surface area contributed by atoms with Crippen molar-refractivity contribution in [1.29, 1.82) is 0 Å². The molecule has 0 radical (unpaired) electrons. The molecule has 2 aromatic rings. The van der Waals surface area contributed by atoms with Gasteiger partial charge in [0.05, 0.1) is 16.9 Å². The number of rotatable bonds is 2. The molecule has 0 saturated heterocycles. The molecule has 6 nitrogen and oxygen atoms in total. The zero-order valence-electron chi connectivity index (χ0n) is 8.59. The highest BCUT2D eigenvalue weighted by Crippen LogP contribution is 2.23. The first-order valence-electron chi connectivity index (χ1n) is 4.68. The van der Waals surface area contributed by atoms with Gasteiger partial charge in [-0.1, -0.05) is 23.7 Å². The molecule has 17 heavy (non-hydrogen) atoms. The summed E-state index contributed by atoms with van der Waals surface area (Å²) in [5, 5.41) is 12.9. The molecule has 88 valence electrons. The summed E-state index contributed by atoms with van der Waals surface area (Å²) in [5.74, 6) is -0.620. The third kappa shape index (κ3) is 1.95. The van der Waals surface area contributed by atoms with E-state index in [-0.39, 0.29) is 11.4 Å². The molecule has 4 N–H and O–H groups in total. The Morgan fingerprint density at radius 2 is 2.18 bits per heavy atom. The normalized spacial score (nSPS) is 10.2. The predicted octanol–water partition coefficient (Wildman–Crippen LogP) is 1.23. The van der Waals surface area contributed by atoms with E-state index in [0.29, 0.717) is 10.7 Å². The highest BCUT2D eigenvalue weighted by Gasteiger charge is 2.16. The first-order valence-corrected chi connectivity index (χ1v) is 5.05. The minimum atomic E-state index is -0.721. The quantitative estimate of drug-likeness (QED) is 0.554. The zero-order chi connectivity index (χ0) is 12.4. The second-order valence-corrected chi connectivity index (χ2v) is 3.65. The zero-order valence-corrected chi connectivity index (χ0v) is 9.35. The van der Waals surface area contributed by atoms with Crippen LogP contribution in [0.5, 0.6) is 0 Å². The van der Waals surface area contributed by atoms with Crippen LogP contribution in [0.15, 0.2) is 30.5 Å². The summed E-state index contributed by atoms with van der Waals surface area (Å²) in [4.78, 5) is 11.2. The number of hydrogen-bond donors (Lipinski definition) is 3. The predicted molar refractivity (Wildman–Crippen MR) is 62.2 cm³/mol. The third-order valence-electron chi connectivity index (χ3n) is 2.23. The standard InChI is InChI=1S/C10H9ClN4O2/c11-7-3-1-2-4-8(7)15-9(12)6(5-13-15)10(16)14-17/h1-5,17H,12H2,(H,14,16). The third-order valence-corrected chi connectivity index (χ3v) is 2.55. The Kier molecular flexibility index (Phi) is 2.99. The number of benzene rings is 1. The molecule has 1 aromatic carbocycles.